The quantitative estimate of drug-likeness (QED) is 0.360. The van der Waals surface area contributed by atoms with Crippen LogP contribution in [-0.4, -0.2) is 18.4 Å². The van der Waals surface area contributed by atoms with E-state index in [0.29, 0.717) is 6.08 Å². The van der Waals surface area contributed by atoms with Crippen LogP contribution >= 0.6 is 0 Å². The number of halogens is 1. The maximum Gasteiger partial charge on any atom is 0.197 e. The molecule has 0 atom stereocenters. The molecule has 0 aromatic carbocycles. The Labute approximate surface area is 39.6 Å². The van der Waals surface area contributed by atoms with Crippen LogP contribution in [0.3, 0.4) is 0 Å². The number of hydrogen-bond acceptors (Lipinski definition) is 2. The summed E-state index contributed by atoms with van der Waals surface area (Å²) in [4.78, 5) is 18.9. The van der Waals surface area contributed by atoms with Crippen LogP contribution in [0.1, 0.15) is 0 Å². The highest BCUT2D eigenvalue weighted by Crippen LogP contribution is 1.70. The van der Waals surface area contributed by atoms with Gasteiger partial charge in [-0.25, -0.2) is 9.18 Å². The van der Waals surface area contributed by atoms with Crippen molar-refractivity contribution in [3.63, 3.8) is 0 Å². The van der Waals surface area contributed by atoms with Gasteiger partial charge in [-0.2, -0.15) is 0 Å². The van der Waals surface area contributed by atoms with Crippen molar-refractivity contribution in [3.05, 3.63) is 6.08 Å². The lowest BCUT2D eigenvalue weighted by atomic mass is 10.4. The van der Waals surface area contributed by atoms with Crippen LogP contribution in [0.2, 0.25) is 0 Å². The van der Waals surface area contributed by atoms with E-state index in [1.807, 2.05) is 0 Å². The van der Waals surface area contributed by atoms with Gasteiger partial charge in [-0.3, -0.25) is 4.79 Å². The van der Waals surface area contributed by atoms with E-state index in [1.165, 1.54) is 0 Å². The van der Waals surface area contributed by atoms with E-state index >= 15 is 0 Å². The molecular weight excluding hydrogens is 99.0 g/mol. The molecule has 0 radical (unpaired) electrons. The minimum Gasteiger partial charge on any atom is -0.291 e. The van der Waals surface area contributed by atoms with E-state index < -0.39 is 12.5 Å². The molecule has 0 N–H and O–H groups in total. The van der Waals surface area contributed by atoms with Gasteiger partial charge in [-0.15, -0.1) is 0 Å². The highest BCUT2D eigenvalue weighted by atomic mass is 19.1. The number of carbonyl (C=O) groups excluding carboxylic acids is 2. The zero-order chi connectivity index (χ0) is 5.70. The maximum absolute atomic E-state index is 11.0. The molecule has 0 saturated heterocycles. The molecular formula is C4H3FO2. The van der Waals surface area contributed by atoms with E-state index in [4.69, 9.17) is 0 Å². The zero-order valence-electron chi connectivity index (χ0n) is 3.48. The lowest BCUT2D eigenvalue weighted by Gasteiger charge is -1.70. The van der Waals surface area contributed by atoms with Gasteiger partial charge in [0.1, 0.15) is 5.94 Å². The second kappa shape index (κ2) is 3.25. The number of allylic oxidation sites excluding steroid dienone is 1. The van der Waals surface area contributed by atoms with Gasteiger partial charge >= 0.3 is 0 Å². The Bertz CT molecular complexity index is 113. The summed E-state index contributed by atoms with van der Waals surface area (Å²) in [5, 5.41) is 0. The summed E-state index contributed by atoms with van der Waals surface area (Å²) >= 11 is 0. The first-order chi connectivity index (χ1) is 3.31. The third kappa shape index (κ3) is 2.86. The van der Waals surface area contributed by atoms with Crippen molar-refractivity contribution in [1.82, 2.24) is 0 Å². The largest absolute Gasteiger partial charge is 0.291 e. The van der Waals surface area contributed by atoms with Crippen LogP contribution in [-0.2, 0) is 9.59 Å². The van der Waals surface area contributed by atoms with Gasteiger partial charge in [0, 0.05) is 0 Å². The fourth-order valence-electron chi connectivity index (χ4n) is 0.104. The normalized spacial score (nSPS) is 7.00. The van der Waals surface area contributed by atoms with Crippen molar-refractivity contribution in [2.45, 2.75) is 0 Å². The van der Waals surface area contributed by atoms with E-state index in [0.717, 1.165) is 5.94 Å². The molecule has 2 nitrogen and oxygen atoms in total. The minimum absolute atomic E-state index is 0.528. The van der Waals surface area contributed by atoms with Crippen molar-refractivity contribution in [1.29, 1.82) is 0 Å². The van der Waals surface area contributed by atoms with Crippen LogP contribution in [0, 0.1) is 0 Å². The van der Waals surface area contributed by atoms with Gasteiger partial charge in [0.2, 0.25) is 0 Å². The molecule has 0 amide bonds. The molecule has 0 bridgehead atoms. The number of rotatable bonds is 2. The highest BCUT2D eigenvalue weighted by Gasteiger charge is 1.89. The first-order valence-corrected chi connectivity index (χ1v) is 1.61. The van der Waals surface area contributed by atoms with Gasteiger partial charge in [-0.1, -0.05) is 0 Å². The van der Waals surface area contributed by atoms with Crippen molar-refractivity contribution < 1.29 is 14.0 Å². The molecule has 0 aliphatic rings. The van der Waals surface area contributed by atoms with Gasteiger partial charge in [0.05, 0.1) is 6.08 Å². The fraction of sp³-hybridized carbons (Fsp3) is 0.250. The monoisotopic (exact) mass is 102 g/mol. The molecule has 0 aliphatic carbocycles. The van der Waals surface area contributed by atoms with Crippen molar-refractivity contribution in [3.8, 4) is 0 Å². The van der Waals surface area contributed by atoms with Gasteiger partial charge < -0.3 is 0 Å². The first kappa shape index (κ1) is 6.05. The number of alkyl halides is 1. The standard InChI is InChI=1S/C4H3FO2/c5-3-4(7)1-2-6/h1H,3H2. The Morgan fingerprint density at radius 2 is 2.43 bits per heavy atom. The number of ketones is 1. The summed E-state index contributed by atoms with van der Waals surface area (Å²) in [7, 11) is 0. The molecule has 3 heteroatoms. The summed E-state index contributed by atoms with van der Waals surface area (Å²) in [6.45, 7) is -1.12. The molecule has 0 spiro atoms. The lowest BCUT2D eigenvalue weighted by molar-refractivity contribution is -0.115. The molecule has 0 aliphatic heterocycles. The first-order valence-electron chi connectivity index (χ1n) is 1.61. The number of hydrogen-bond donors (Lipinski definition) is 0. The fourth-order valence-corrected chi connectivity index (χ4v) is 0.104. The second-order valence-electron chi connectivity index (χ2n) is 0.862. The SMILES string of the molecule is O=C=CC(=O)CF. The molecule has 7 heavy (non-hydrogen) atoms. The molecule has 0 unspecified atom stereocenters. The van der Waals surface area contributed by atoms with E-state index in [-0.39, 0.29) is 0 Å². The Balaban J connectivity index is 3.58. The predicted molar refractivity (Wildman–Crippen MR) is 21.2 cm³/mol. The van der Waals surface area contributed by atoms with Gasteiger partial charge in [-0.05, 0) is 0 Å². The second-order valence-corrected chi connectivity index (χ2v) is 0.862. The van der Waals surface area contributed by atoms with E-state index in [1.54, 1.807) is 0 Å². The molecule has 0 aromatic rings. The summed E-state index contributed by atoms with van der Waals surface area (Å²) in [5.74, 6) is 0.316. The molecule has 38 valence electrons. The summed E-state index contributed by atoms with van der Waals surface area (Å²) in [6, 6.07) is 0. The van der Waals surface area contributed by atoms with Crippen LogP contribution < -0.4 is 0 Å². The smallest absolute Gasteiger partial charge is 0.197 e. The third-order valence-corrected chi connectivity index (χ3v) is 0.352. The Kier molecular flexibility index (Phi) is 2.81. The Morgan fingerprint density at radius 3 is 2.57 bits per heavy atom. The van der Waals surface area contributed by atoms with Crippen molar-refractivity contribution in [2.75, 3.05) is 6.67 Å². The predicted octanol–water partition coefficient (Wildman–Crippen LogP) is -0.0872. The van der Waals surface area contributed by atoms with Crippen molar-refractivity contribution >= 4 is 11.7 Å². The average Bonchev–Trinajstić information content (AvgIpc) is 1.68. The Hall–Kier alpha value is -0.950. The van der Waals surface area contributed by atoms with Gasteiger partial charge in [0.15, 0.2) is 12.5 Å². The average molecular weight is 102 g/mol. The summed E-state index contributed by atoms with van der Waals surface area (Å²) in [6.07, 6.45) is 0.528. The van der Waals surface area contributed by atoms with Crippen molar-refractivity contribution in [2.24, 2.45) is 0 Å². The number of carbonyl (C=O) groups is 1. The summed E-state index contributed by atoms with van der Waals surface area (Å²) in [5.41, 5.74) is 0. The van der Waals surface area contributed by atoms with Crippen LogP contribution in [0.15, 0.2) is 6.08 Å². The van der Waals surface area contributed by atoms with Crippen LogP contribution in [0.25, 0.3) is 0 Å². The van der Waals surface area contributed by atoms with Crippen LogP contribution in [0.5, 0.6) is 0 Å². The molecule has 0 rings (SSSR count). The van der Waals surface area contributed by atoms with E-state index in [9.17, 15) is 14.0 Å². The lowest BCUT2D eigenvalue weighted by Crippen LogP contribution is -1.92. The molecule has 0 fully saturated rings. The highest BCUT2D eigenvalue weighted by molar-refractivity contribution is 5.96. The maximum atomic E-state index is 11.0. The minimum atomic E-state index is -1.12. The molecule has 0 heterocycles. The van der Waals surface area contributed by atoms with Crippen LogP contribution in [0.4, 0.5) is 4.39 Å². The van der Waals surface area contributed by atoms with E-state index in [2.05, 4.69) is 0 Å². The zero-order valence-corrected chi connectivity index (χ0v) is 3.48. The molecule has 0 aromatic heterocycles. The topological polar surface area (TPSA) is 34.1 Å². The van der Waals surface area contributed by atoms with Gasteiger partial charge in [0.25, 0.3) is 0 Å². The molecule has 0 saturated carbocycles. The third-order valence-electron chi connectivity index (χ3n) is 0.352. The summed E-state index contributed by atoms with van der Waals surface area (Å²) < 4.78 is 11.0. The Morgan fingerprint density at radius 1 is 1.86 bits per heavy atom.